The van der Waals surface area contributed by atoms with Crippen molar-refractivity contribution in [2.45, 2.75) is 32.4 Å². The first-order chi connectivity index (χ1) is 16.1. The minimum absolute atomic E-state index is 0.0802. The Hall–Kier alpha value is -3.21. The molecule has 1 aromatic carbocycles. The highest BCUT2D eigenvalue weighted by molar-refractivity contribution is 6.76. The van der Waals surface area contributed by atoms with E-state index in [0.717, 1.165) is 6.04 Å². The molecule has 178 valence electrons. The van der Waals surface area contributed by atoms with Crippen molar-refractivity contribution < 1.29 is 14.1 Å². The van der Waals surface area contributed by atoms with Crippen molar-refractivity contribution in [3.05, 3.63) is 92.7 Å². The maximum atomic E-state index is 14.9. The zero-order valence-electron chi connectivity index (χ0n) is 19.1. The molecule has 3 heterocycles. The van der Waals surface area contributed by atoms with E-state index in [1.165, 1.54) is 24.4 Å². The second-order valence-electron chi connectivity index (χ2n) is 9.20. The molecular weight excluding hydrogens is 477 g/mol. The number of hydrogen-bond acceptors (Lipinski definition) is 6. The second kappa shape index (κ2) is 9.57. The molecule has 11 heteroatoms. The molecule has 1 aromatic heterocycles. The molecule has 0 spiro atoms. The quantitative estimate of drug-likeness (QED) is 0.226. The molecule has 0 radical (unpaired) electrons. The van der Waals surface area contributed by atoms with Crippen molar-refractivity contribution >= 4 is 25.4 Å². The summed E-state index contributed by atoms with van der Waals surface area (Å²) in [5.41, 5.74) is 2.94. The fourth-order valence-corrected chi connectivity index (χ4v) is 4.44. The highest BCUT2D eigenvalue weighted by Crippen LogP contribution is 2.33. The second-order valence-corrected chi connectivity index (χ2v) is 15.3. The van der Waals surface area contributed by atoms with Crippen molar-refractivity contribution in [2.24, 2.45) is 0 Å². The Kier molecular flexibility index (Phi) is 6.74. The fraction of sp³-hybridized carbons (Fsp3) is 0.261. The monoisotopic (exact) mass is 501 g/mol. The lowest BCUT2D eigenvalue weighted by atomic mass is 10.0. The van der Waals surface area contributed by atoms with Crippen LogP contribution in [-0.2, 0) is 11.5 Å². The van der Waals surface area contributed by atoms with E-state index in [-0.39, 0.29) is 18.0 Å². The summed E-state index contributed by atoms with van der Waals surface area (Å²) in [6, 6.07) is 5.36. The van der Waals surface area contributed by atoms with Gasteiger partial charge in [-0.2, -0.15) is 0 Å². The number of ether oxygens (including phenoxy) is 1. The van der Waals surface area contributed by atoms with Crippen molar-refractivity contribution in [1.82, 2.24) is 20.2 Å². The number of imidazole rings is 1. The van der Waals surface area contributed by atoms with Crippen LogP contribution in [0.4, 0.5) is 4.39 Å². The van der Waals surface area contributed by atoms with E-state index < -0.39 is 18.8 Å². The van der Waals surface area contributed by atoms with Gasteiger partial charge in [0.25, 0.3) is 5.70 Å². The maximum absolute atomic E-state index is 14.9. The number of allylic oxidation sites excluding steroid dienone is 3. The van der Waals surface area contributed by atoms with Gasteiger partial charge in [0.05, 0.1) is 40.2 Å². The fourth-order valence-electron chi connectivity index (χ4n) is 3.51. The largest absolute Gasteiger partial charge is 0.361 e. The number of aromatic nitrogens is 2. The number of dihydropyridines is 2. The van der Waals surface area contributed by atoms with Crippen LogP contribution in [0.15, 0.2) is 66.0 Å². The molecule has 0 bridgehead atoms. The van der Waals surface area contributed by atoms with E-state index in [4.69, 9.17) is 16.3 Å². The molecule has 0 amide bonds. The van der Waals surface area contributed by atoms with Crippen LogP contribution < -0.4 is 10.6 Å². The summed E-state index contributed by atoms with van der Waals surface area (Å²) >= 11 is 6.19. The Bertz CT molecular complexity index is 1260. The van der Waals surface area contributed by atoms with Crippen LogP contribution in [0.5, 0.6) is 0 Å². The van der Waals surface area contributed by atoms with Crippen LogP contribution in [0.2, 0.25) is 30.7 Å². The van der Waals surface area contributed by atoms with Crippen LogP contribution in [0.3, 0.4) is 0 Å². The first-order valence-electron chi connectivity index (χ1n) is 10.7. The maximum Gasteiger partial charge on any atom is 0.287 e. The van der Waals surface area contributed by atoms with E-state index in [2.05, 4.69) is 35.3 Å². The van der Waals surface area contributed by atoms with Gasteiger partial charge in [0, 0.05) is 31.3 Å². The standard InChI is InChI=1S/C23H25ClFN5O3Si/c1-34(2,3)9-8-33-14-29-13-27-22(23(29)17-10-15(24)4-5-18(17)25)20-7-6-19-21(28-20)11-16(12-26-19)30(31)32/h4-7,10-13,26,28H,8-9,14H2,1-3H3. The predicted octanol–water partition coefficient (Wildman–Crippen LogP) is 5.09. The summed E-state index contributed by atoms with van der Waals surface area (Å²) in [6.45, 7) is 7.62. The minimum atomic E-state index is -1.26. The van der Waals surface area contributed by atoms with Gasteiger partial charge in [-0.15, -0.1) is 0 Å². The smallest absolute Gasteiger partial charge is 0.287 e. The molecule has 0 saturated carbocycles. The van der Waals surface area contributed by atoms with E-state index >= 15 is 0 Å². The third-order valence-corrected chi connectivity index (χ3v) is 7.30. The van der Waals surface area contributed by atoms with Gasteiger partial charge >= 0.3 is 0 Å². The van der Waals surface area contributed by atoms with Crippen LogP contribution in [-0.4, -0.2) is 29.2 Å². The van der Waals surface area contributed by atoms with Gasteiger partial charge in [0.2, 0.25) is 0 Å². The van der Waals surface area contributed by atoms with E-state index in [1.54, 1.807) is 29.1 Å². The third kappa shape index (κ3) is 5.30. The lowest BCUT2D eigenvalue weighted by molar-refractivity contribution is -0.419. The zero-order valence-corrected chi connectivity index (χ0v) is 20.8. The van der Waals surface area contributed by atoms with Gasteiger partial charge < -0.3 is 19.9 Å². The molecule has 0 atom stereocenters. The molecular formula is C23H25ClFN5O3Si. The Morgan fingerprint density at radius 2 is 2.00 bits per heavy atom. The molecule has 0 fully saturated rings. The summed E-state index contributed by atoms with van der Waals surface area (Å²) in [5, 5.41) is 17.7. The van der Waals surface area contributed by atoms with Crippen molar-refractivity contribution in [3.63, 3.8) is 0 Å². The number of nitro groups is 1. The molecule has 2 aromatic rings. The van der Waals surface area contributed by atoms with Crippen LogP contribution in [0.1, 0.15) is 5.69 Å². The van der Waals surface area contributed by atoms with E-state index in [9.17, 15) is 14.5 Å². The van der Waals surface area contributed by atoms with Crippen LogP contribution in [0, 0.1) is 15.9 Å². The zero-order chi connectivity index (χ0) is 24.5. The number of nitrogens with zero attached hydrogens (tertiary/aromatic N) is 3. The molecule has 2 aliphatic rings. The number of nitrogens with one attached hydrogen (secondary N) is 2. The lowest BCUT2D eigenvalue weighted by Crippen LogP contribution is -2.27. The number of benzene rings is 1. The summed E-state index contributed by atoms with van der Waals surface area (Å²) in [4.78, 5) is 15.2. The van der Waals surface area contributed by atoms with Gasteiger partial charge in [0.1, 0.15) is 18.2 Å². The summed E-state index contributed by atoms with van der Waals surface area (Å²) in [6.07, 6.45) is 7.93. The topological polar surface area (TPSA) is 94.2 Å². The van der Waals surface area contributed by atoms with E-state index in [1.807, 2.05) is 0 Å². The first-order valence-corrected chi connectivity index (χ1v) is 14.8. The van der Waals surface area contributed by atoms with Gasteiger partial charge in [0.15, 0.2) is 0 Å². The third-order valence-electron chi connectivity index (χ3n) is 5.36. The predicted molar refractivity (Wildman–Crippen MR) is 132 cm³/mol. The Morgan fingerprint density at radius 1 is 1.24 bits per heavy atom. The lowest BCUT2D eigenvalue weighted by Gasteiger charge is -2.22. The van der Waals surface area contributed by atoms with Crippen molar-refractivity contribution in [2.75, 3.05) is 6.61 Å². The number of rotatable bonds is 8. The highest BCUT2D eigenvalue weighted by Gasteiger charge is 2.25. The average Bonchev–Trinajstić information content (AvgIpc) is 3.20. The average molecular weight is 502 g/mol. The van der Waals surface area contributed by atoms with Crippen LogP contribution in [0.25, 0.3) is 17.0 Å². The normalized spacial score (nSPS) is 15.3. The summed E-state index contributed by atoms with van der Waals surface area (Å²) in [7, 11) is -1.26. The highest BCUT2D eigenvalue weighted by atomic mass is 35.5. The van der Waals surface area contributed by atoms with Crippen molar-refractivity contribution in [1.29, 1.82) is 0 Å². The molecule has 0 saturated heterocycles. The Morgan fingerprint density at radius 3 is 2.74 bits per heavy atom. The van der Waals surface area contributed by atoms with Crippen LogP contribution >= 0.6 is 11.6 Å². The SMILES string of the molecule is C[Si](C)(C)CCOCn1cnc(C2=CC=C3NC=C([N+](=O)[O-])C=C3N2)c1-c1cc(Cl)ccc1F. The Balaban J connectivity index is 1.69. The number of hydrogen-bond donors (Lipinski definition) is 2. The van der Waals surface area contributed by atoms with Gasteiger partial charge in [-0.25, -0.2) is 9.37 Å². The minimum Gasteiger partial charge on any atom is -0.361 e. The molecule has 2 N–H and O–H groups in total. The molecule has 0 aliphatic carbocycles. The molecule has 0 unspecified atom stereocenters. The molecule has 8 nitrogen and oxygen atoms in total. The first kappa shape index (κ1) is 23.9. The van der Waals surface area contributed by atoms with E-state index in [0.29, 0.717) is 40.1 Å². The van der Waals surface area contributed by atoms with Gasteiger partial charge in [-0.3, -0.25) is 10.1 Å². The molecule has 4 rings (SSSR count). The number of fused-ring (bicyclic) bond motifs is 1. The Labute approximate surface area is 202 Å². The summed E-state index contributed by atoms with van der Waals surface area (Å²) in [5.74, 6) is -0.445. The number of halogens is 2. The van der Waals surface area contributed by atoms with Gasteiger partial charge in [-0.1, -0.05) is 31.2 Å². The molecule has 2 aliphatic heterocycles. The molecule has 34 heavy (non-hydrogen) atoms. The van der Waals surface area contributed by atoms with Crippen molar-refractivity contribution in [3.8, 4) is 11.3 Å². The summed E-state index contributed by atoms with van der Waals surface area (Å²) < 4.78 is 22.6. The van der Waals surface area contributed by atoms with Gasteiger partial charge in [-0.05, 0) is 36.4 Å².